The van der Waals surface area contributed by atoms with E-state index in [4.69, 9.17) is 9.47 Å². The summed E-state index contributed by atoms with van der Waals surface area (Å²) in [5, 5.41) is 5.04. The number of nitrogens with zero attached hydrogens (tertiary/aromatic N) is 1. The number of carbonyl (C=O) groups excluding carboxylic acids is 1. The molecule has 22 heavy (non-hydrogen) atoms. The second-order valence-corrected chi connectivity index (χ2v) is 7.13. The summed E-state index contributed by atoms with van der Waals surface area (Å²) in [6, 6.07) is 3.90. The van der Waals surface area contributed by atoms with Crippen molar-refractivity contribution >= 4 is 17.2 Å². The minimum atomic E-state index is -0.0308. The first-order valence-electron chi connectivity index (χ1n) is 7.90. The Morgan fingerprint density at radius 1 is 1.55 bits per heavy atom. The van der Waals surface area contributed by atoms with Crippen molar-refractivity contribution in [1.82, 2.24) is 10.2 Å². The molecule has 0 radical (unpaired) electrons. The zero-order valence-electron chi connectivity index (χ0n) is 13.0. The molecule has 122 valence electrons. The summed E-state index contributed by atoms with van der Waals surface area (Å²) < 4.78 is 11.2. The topological polar surface area (TPSA) is 50.8 Å². The van der Waals surface area contributed by atoms with Crippen molar-refractivity contribution in [2.75, 3.05) is 40.0 Å². The van der Waals surface area contributed by atoms with E-state index >= 15 is 0 Å². The van der Waals surface area contributed by atoms with Gasteiger partial charge >= 0.3 is 0 Å². The first-order chi connectivity index (χ1) is 10.7. The van der Waals surface area contributed by atoms with Gasteiger partial charge < -0.3 is 19.7 Å². The molecule has 2 fully saturated rings. The minimum Gasteiger partial charge on any atom is -0.383 e. The maximum atomic E-state index is 12.1. The number of likely N-dealkylation sites (tertiary alicyclic amines) is 1. The lowest BCUT2D eigenvalue weighted by Crippen LogP contribution is -2.45. The molecule has 0 saturated carbocycles. The number of hydrogen-bond donors (Lipinski definition) is 1. The second-order valence-electron chi connectivity index (χ2n) is 6.18. The maximum absolute atomic E-state index is 12.1. The molecule has 0 bridgehead atoms. The fourth-order valence-corrected chi connectivity index (χ4v) is 3.98. The van der Waals surface area contributed by atoms with E-state index in [0.29, 0.717) is 6.61 Å². The highest BCUT2D eigenvalue weighted by Crippen LogP contribution is 2.36. The van der Waals surface area contributed by atoms with Gasteiger partial charge in [0.15, 0.2) is 0 Å². The molecular weight excluding hydrogens is 300 g/mol. The van der Waals surface area contributed by atoms with Crippen LogP contribution in [0.2, 0.25) is 0 Å². The standard InChI is InChI=1S/C16H24N2O3S/c1-20-9-8-18-6-4-16(5-7-18)11-13(12-21-16)17-15(19)14-3-2-10-22-14/h2-3,10,13H,4-9,11-12H2,1H3,(H,17,19). The molecule has 3 rings (SSSR count). The van der Waals surface area contributed by atoms with Crippen molar-refractivity contribution in [3.63, 3.8) is 0 Å². The Bertz CT molecular complexity index is 484. The van der Waals surface area contributed by atoms with E-state index in [0.717, 1.165) is 50.4 Å². The predicted octanol–water partition coefficient (Wildman–Crippen LogP) is 1.75. The number of nitrogens with one attached hydrogen (secondary N) is 1. The van der Waals surface area contributed by atoms with Crippen molar-refractivity contribution in [2.24, 2.45) is 0 Å². The van der Waals surface area contributed by atoms with Gasteiger partial charge in [-0.05, 0) is 30.7 Å². The highest BCUT2D eigenvalue weighted by Gasteiger charge is 2.43. The van der Waals surface area contributed by atoms with Gasteiger partial charge in [0.05, 0.1) is 29.7 Å². The summed E-state index contributed by atoms with van der Waals surface area (Å²) in [5.74, 6) is 0.0261. The van der Waals surface area contributed by atoms with Gasteiger partial charge in [-0.15, -0.1) is 11.3 Å². The highest BCUT2D eigenvalue weighted by molar-refractivity contribution is 7.12. The predicted molar refractivity (Wildman–Crippen MR) is 86.4 cm³/mol. The van der Waals surface area contributed by atoms with E-state index in [9.17, 15) is 4.79 Å². The SMILES string of the molecule is COCCN1CCC2(CC1)CC(NC(=O)c1cccs1)CO2. The van der Waals surface area contributed by atoms with E-state index < -0.39 is 0 Å². The van der Waals surface area contributed by atoms with Gasteiger partial charge in [0, 0.05) is 26.7 Å². The number of ether oxygens (including phenoxy) is 2. The van der Waals surface area contributed by atoms with Crippen LogP contribution in [0.3, 0.4) is 0 Å². The Hall–Kier alpha value is -0.950. The number of thiophene rings is 1. The van der Waals surface area contributed by atoms with Crippen LogP contribution in [0.5, 0.6) is 0 Å². The van der Waals surface area contributed by atoms with Gasteiger partial charge in [0.1, 0.15) is 0 Å². The lowest BCUT2D eigenvalue weighted by Gasteiger charge is -2.38. The summed E-state index contributed by atoms with van der Waals surface area (Å²) in [7, 11) is 1.74. The molecule has 2 saturated heterocycles. The third kappa shape index (κ3) is 3.68. The molecular formula is C16H24N2O3S. The Labute approximate surface area is 135 Å². The Kier molecular flexibility index (Phi) is 5.13. The summed E-state index contributed by atoms with van der Waals surface area (Å²) in [6.45, 7) is 4.51. The number of rotatable bonds is 5. The van der Waals surface area contributed by atoms with E-state index in [1.165, 1.54) is 11.3 Å². The van der Waals surface area contributed by atoms with Crippen molar-refractivity contribution in [1.29, 1.82) is 0 Å². The van der Waals surface area contributed by atoms with Crippen LogP contribution in [-0.2, 0) is 9.47 Å². The van der Waals surface area contributed by atoms with Gasteiger partial charge in [-0.1, -0.05) is 6.07 Å². The van der Waals surface area contributed by atoms with Gasteiger partial charge in [-0.3, -0.25) is 4.79 Å². The first-order valence-corrected chi connectivity index (χ1v) is 8.78. The minimum absolute atomic E-state index is 0.0261. The Balaban J connectivity index is 1.47. The van der Waals surface area contributed by atoms with Crippen molar-refractivity contribution in [3.05, 3.63) is 22.4 Å². The molecule has 1 aromatic rings. The molecule has 2 aliphatic heterocycles. The number of methoxy groups -OCH3 is 1. The third-order valence-corrected chi connectivity index (χ3v) is 5.54. The molecule has 2 aliphatic rings. The zero-order valence-corrected chi connectivity index (χ0v) is 13.9. The summed E-state index contributed by atoms with van der Waals surface area (Å²) in [5.41, 5.74) is -0.0308. The fraction of sp³-hybridized carbons (Fsp3) is 0.688. The quantitative estimate of drug-likeness (QED) is 0.896. The van der Waals surface area contributed by atoms with Crippen LogP contribution in [0.25, 0.3) is 0 Å². The van der Waals surface area contributed by atoms with Gasteiger partial charge in [-0.2, -0.15) is 0 Å². The number of hydrogen-bond acceptors (Lipinski definition) is 5. The molecule has 1 spiro atoms. The molecule has 5 nitrogen and oxygen atoms in total. The van der Waals surface area contributed by atoms with E-state index in [2.05, 4.69) is 10.2 Å². The first kappa shape index (κ1) is 15.9. The summed E-state index contributed by atoms with van der Waals surface area (Å²) in [4.78, 5) is 15.3. The van der Waals surface area contributed by atoms with E-state index in [1.54, 1.807) is 7.11 Å². The normalized spacial score (nSPS) is 24.7. The lowest BCUT2D eigenvalue weighted by molar-refractivity contribution is -0.0460. The summed E-state index contributed by atoms with van der Waals surface area (Å²) >= 11 is 1.48. The van der Waals surface area contributed by atoms with E-state index in [-0.39, 0.29) is 17.6 Å². The molecule has 1 N–H and O–H groups in total. The van der Waals surface area contributed by atoms with Gasteiger partial charge in [0.25, 0.3) is 5.91 Å². The molecule has 0 aromatic carbocycles. The number of piperidine rings is 1. The number of carbonyl (C=O) groups is 1. The van der Waals surface area contributed by atoms with Crippen LogP contribution in [0.1, 0.15) is 28.9 Å². The molecule has 6 heteroatoms. The lowest BCUT2D eigenvalue weighted by atomic mass is 9.87. The average Bonchev–Trinajstić information content (AvgIpc) is 3.18. The van der Waals surface area contributed by atoms with Crippen LogP contribution in [0.15, 0.2) is 17.5 Å². The molecule has 3 heterocycles. The van der Waals surface area contributed by atoms with Gasteiger partial charge in [0.2, 0.25) is 0 Å². The fourth-order valence-electron chi connectivity index (χ4n) is 3.35. The largest absolute Gasteiger partial charge is 0.383 e. The molecule has 1 unspecified atom stereocenters. The van der Waals surface area contributed by atoms with Gasteiger partial charge in [-0.25, -0.2) is 0 Å². The summed E-state index contributed by atoms with van der Waals surface area (Å²) in [6.07, 6.45) is 3.02. The number of amides is 1. The average molecular weight is 324 g/mol. The molecule has 1 atom stereocenters. The molecule has 1 amide bonds. The zero-order chi connectivity index (χ0) is 15.4. The molecule has 0 aliphatic carbocycles. The Morgan fingerprint density at radius 3 is 3.05 bits per heavy atom. The van der Waals surface area contributed by atoms with Crippen LogP contribution in [-0.4, -0.2) is 62.4 Å². The Morgan fingerprint density at radius 2 is 2.36 bits per heavy atom. The van der Waals surface area contributed by atoms with Crippen LogP contribution in [0.4, 0.5) is 0 Å². The molecule has 1 aromatic heterocycles. The third-order valence-electron chi connectivity index (χ3n) is 4.67. The van der Waals surface area contributed by atoms with Crippen molar-refractivity contribution in [3.8, 4) is 0 Å². The monoisotopic (exact) mass is 324 g/mol. The van der Waals surface area contributed by atoms with Crippen LogP contribution in [0, 0.1) is 0 Å². The maximum Gasteiger partial charge on any atom is 0.261 e. The van der Waals surface area contributed by atoms with Crippen LogP contribution < -0.4 is 5.32 Å². The smallest absolute Gasteiger partial charge is 0.261 e. The van der Waals surface area contributed by atoms with Crippen LogP contribution >= 0.6 is 11.3 Å². The van der Waals surface area contributed by atoms with E-state index in [1.807, 2.05) is 17.5 Å². The van der Waals surface area contributed by atoms with Crippen molar-refractivity contribution in [2.45, 2.75) is 30.9 Å². The highest BCUT2D eigenvalue weighted by atomic mass is 32.1. The van der Waals surface area contributed by atoms with Crippen molar-refractivity contribution < 1.29 is 14.3 Å². The second kappa shape index (κ2) is 7.08.